The number of hydrogen-bond acceptors (Lipinski definition) is 3. The van der Waals surface area contributed by atoms with Gasteiger partial charge in [0.1, 0.15) is 11.5 Å². The number of methoxy groups -OCH3 is 2. The first-order valence-corrected chi connectivity index (χ1v) is 7.29. The summed E-state index contributed by atoms with van der Waals surface area (Å²) in [5.74, 6) is 1.80. The van der Waals surface area contributed by atoms with E-state index >= 15 is 0 Å². The van der Waals surface area contributed by atoms with Gasteiger partial charge in [0, 0.05) is 0 Å². The van der Waals surface area contributed by atoms with Gasteiger partial charge in [-0.25, -0.2) is 0 Å². The molecule has 1 aliphatic carbocycles. The van der Waals surface area contributed by atoms with Gasteiger partial charge in [0.05, 0.1) is 25.9 Å². The summed E-state index contributed by atoms with van der Waals surface area (Å²) in [5.41, 5.74) is 5.01. The van der Waals surface area contributed by atoms with Crippen LogP contribution in [0.25, 0.3) is 0 Å². The molecule has 0 saturated heterocycles. The van der Waals surface area contributed by atoms with Crippen LogP contribution in [0.1, 0.15) is 29.2 Å². The molecule has 110 valence electrons. The van der Waals surface area contributed by atoms with Crippen molar-refractivity contribution in [2.45, 2.75) is 25.8 Å². The summed E-state index contributed by atoms with van der Waals surface area (Å²) in [5, 5.41) is 3.63. The van der Waals surface area contributed by atoms with E-state index in [2.05, 4.69) is 36.5 Å². The van der Waals surface area contributed by atoms with E-state index in [9.17, 15) is 0 Å². The van der Waals surface area contributed by atoms with Crippen molar-refractivity contribution in [2.75, 3.05) is 19.5 Å². The molecular formula is C18H21NO2. The maximum atomic E-state index is 5.46. The Morgan fingerprint density at radius 2 is 1.90 bits per heavy atom. The summed E-state index contributed by atoms with van der Waals surface area (Å²) in [6, 6.07) is 12.9. The molecular weight excluding hydrogens is 262 g/mol. The zero-order chi connectivity index (χ0) is 14.8. The molecule has 1 unspecified atom stereocenters. The van der Waals surface area contributed by atoms with Gasteiger partial charge in [0.15, 0.2) is 0 Å². The molecule has 0 spiro atoms. The molecule has 0 fully saturated rings. The van der Waals surface area contributed by atoms with Crippen LogP contribution in [0.5, 0.6) is 11.5 Å². The molecule has 0 amide bonds. The number of ether oxygens (including phenoxy) is 2. The van der Waals surface area contributed by atoms with Gasteiger partial charge in [-0.2, -0.15) is 0 Å². The smallest absolute Gasteiger partial charge is 0.141 e. The average Bonchev–Trinajstić information content (AvgIpc) is 2.90. The monoisotopic (exact) mass is 283 g/mol. The predicted octanol–water partition coefficient (Wildman–Crippen LogP) is 4.11. The lowest BCUT2D eigenvalue weighted by molar-refractivity contribution is 0.414. The van der Waals surface area contributed by atoms with Crippen LogP contribution in [0.2, 0.25) is 0 Å². The first-order chi connectivity index (χ1) is 10.2. The van der Waals surface area contributed by atoms with E-state index in [-0.39, 0.29) is 0 Å². The molecule has 2 aromatic carbocycles. The van der Waals surface area contributed by atoms with Crippen LogP contribution >= 0.6 is 0 Å². The van der Waals surface area contributed by atoms with Crippen molar-refractivity contribution >= 4 is 5.69 Å². The quantitative estimate of drug-likeness (QED) is 0.916. The van der Waals surface area contributed by atoms with Gasteiger partial charge >= 0.3 is 0 Å². The second-order valence-corrected chi connectivity index (χ2v) is 5.50. The van der Waals surface area contributed by atoms with Crippen LogP contribution in [0.3, 0.4) is 0 Å². The molecule has 0 heterocycles. The molecule has 1 N–H and O–H groups in total. The lowest BCUT2D eigenvalue weighted by Crippen LogP contribution is -2.08. The zero-order valence-electron chi connectivity index (χ0n) is 12.8. The first-order valence-electron chi connectivity index (χ1n) is 7.29. The van der Waals surface area contributed by atoms with Crippen molar-refractivity contribution < 1.29 is 9.47 Å². The summed E-state index contributed by atoms with van der Waals surface area (Å²) in [6.45, 7) is 2.09. The second kappa shape index (κ2) is 5.68. The highest BCUT2D eigenvalue weighted by atomic mass is 16.5. The van der Waals surface area contributed by atoms with Gasteiger partial charge in [0.25, 0.3) is 0 Å². The van der Waals surface area contributed by atoms with Crippen molar-refractivity contribution in [3.8, 4) is 11.5 Å². The summed E-state index contributed by atoms with van der Waals surface area (Å²) in [6.07, 6.45) is 2.20. The van der Waals surface area contributed by atoms with Gasteiger partial charge in [-0.3, -0.25) is 0 Å². The summed E-state index contributed by atoms with van der Waals surface area (Å²) < 4.78 is 10.8. The minimum atomic E-state index is 0.311. The van der Waals surface area contributed by atoms with Crippen molar-refractivity contribution in [1.82, 2.24) is 0 Å². The van der Waals surface area contributed by atoms with E-state index < -0.39 is 0 Å². The minimum Gasteiger partial charge on any atom is -0.497 e. The molecule has 3 rings (SSSR count). The van der Waals surface area contributed by atoms with Crippen molar-refractivity contribution in [3.05, 3.63) is 53.1 Å². The molecule has 2 aromatic rings. The SMILES string of the molecule is COc1ccc2c(c1)C(Nc1cc(C)ccc1OC)CC2. The largest absolute Gasteiger partial charge is 0.497 e. The normalized spacial score (nSPS) is 16.4. The van der Waals surface area contributed by atoms with E-state index in [0.29, 0.717) is 6.04 Å². The molecule has 3 nitrogen and oxygen atoms in total. The van der Waals surface area contributed by atoms with Gasteiger partial charge in [-0.15, -0.1) is 0 Å². The maximum absolute atomic E-state index is 5.46. The average molecular weight is 283 g/mol. The van der Waals surface area contributed by atoms with E-state index in [4.69, 9.17) is 9.47 Å². The number of rotatable bonds is 4. The Kier molecular flexibility index (Phi) is 3.74. The fourth-order valence-corrected chi connectivity index (χ4v) is 2.98. The summed E-state index contributed by atoms with van der Waals surface area (Å²) in [4.78, 5) is 0. The minimum absolute atomic E-state index is 0.311. The molecule has 0 saturated carbocycles. The Morgan fingerprint density at radius 3 is 2.67 bits per heavy atom. The molecule has 0 aliphatic heterocycles. The summed E-state index contributed by atoms with van der Waals surface area (Å²) >= 11 is 0. The van der Waals surface area contributed by atoms with E-state index in [1.807, 2.05) is 12.1 Å². The second-order valence-electron chi connectivity index (χ2n) is 5.50. The number of hydrogen-bond donors (Lipinski definition) is 1. The lowest BCUT2D eigenvalue weighted by atomic mass is 10.1. The molecule has 0 bridgehead atoms. The molecule has 0 aromatic heterocycles. The molecule has 1 atom stereocenters. The third-order valence-corrected chi connectivity index (χ3v) is 4.12. The predicted molar refractivity (Wildman–Crippen MR) is 85.4 cm³/mol. The molecule has 21 heavy (non-hydrogen) atoms. The third kappa shape index (κ3) is 2.68. The molecule has 1 aliphatic rings. The fourth-order valence-electron chi connectivity index (χ4n) is 2.98. The first kappa shape index (κ1) is 13.8. The van der Waals surface area contributed by atoms with Crippen molar-refractivity contribution in [2.24, 2.45) is 0 Å². The highest BCUT2D eigenvalue weighted by Crippen LogP contribution is 2.38. The van der Waals surface area contributed by atoms with Crippen LogP contribution in [-0.4, -0.2) is 14.2 Å². The van der Waals surface area contributed by atoms with Gasteiger partial charge in [-0.1, -0.05) is 12.1 Å². The van der Waals surface area contributed by atoms with Gasteiger partial charge < -0.3 is 14.8 Å². The van der Waals surface area contributed by atoms with E-state index in [0.717, 1.165) is 30.0 Å². The number of anilines is 1. The Hall–Kier alpha value is -2.16. The van der Waals surface area contributed by atoms with Crippen molar-refractivity contribution in [3.63, 3.8) is 0 Å². The molecule has 3 heteroatoms. The van der Waals surface area contributed by atoms with E-state index in [1.54, 1.807) is 14.2 Å². The van der Waals surface area contributed by atoms with Gasteiger partial charge in [-0.05, 0) is 60.7 Å². The fraction of sp³-hybridized carbons (Fsp3) is 0.333. The highest BCUT2D eigenvalue weighted by Gasteiger charge is 2.23. The third-order valence-electron chi connectivity index (χ3n) is 4.12. The Bertz CT molecular complexity index is 652. The van der Waals surface area contributed by atoms with Crippen LogP contribution in [0, 0.1) is 6.92 Å². The number of benzene rings is 2. The number of nitrogens with one attached hydrogen (secondary N) is 1. The zero-order valence-corrected chi connectivity index (χ0v) is 12.8. The Labute approximate surface area is 125 Å². The Morgan fingerprint density at radius 1 is 1.05 bits per heavy atom. The van der Waals surface area contributed by atoms with Crippen LogP contribution in [-0.2, 0) is 6.42 Å². The topological polar surface area (TPSA) is 30.5 Å². The number of fused-ring (bicyclic) bond motifs is 1. The van der Waals surface area contributed by atoms with Crippen LogP contribution < -0.4 is 14.8 Å². The van der Waals surface area contributed by atoms with E-state index in [1.165, 1.54) is 16.7 Å². The number of aryl methyl sites for hydroxylation is 2. The van der Waals surface area contributed by atoms with Crippen LogP contribution in [0.4, 0.5) is 5.69 Å². The standard InChI is InChI=1S/C18H21NO2/c1-12-4-9-18(21-3)17(10-12)19-16-8-6-13-5-7-14(20-2)11-15(13)16/h4-5,7,9-11,16,19H,6,8H2,1-3H3. The molecule has 0 radical (unpaired) electrons. The Balaban J connectivity index is 1.90. The van der Waals surface area contributed by atoms with Crippen LogP contribution in [0.15, 0.2) is 36.4 Å². The summed E-state index contributed by atoms with van der Waals surface area (Å²) in [7, 11) is 3.42. The lowest BCUT2D eigenvalue weighted by Gasteiger charge is -2.19. The highest BCUT2D eigenvalue weighted by molar-refractivity contribution is 5.60. The van der Waals surface area contributed by atoms with Crippen molar-refractivity contribution in [1.29, 1.82) is 0 Å². The maximum Gasteiger partial charge on any atom is 0.141 e. The van der Waals surface area contributed by atoms with Gasteiger partial charge in [0.2, 0.25) is 0 Å².